The van der Waals surface area contributed by atoms with Gasteiger partial charge >= 0.3 is 0 Å². The highest BCUT2D eigenvalue weighted by Gasteiger charge is 2.60. The van der Waals surface area contributed by atoms with Crippen molar-refractivity contribution in [1.82, 2.24) is 9.78 Å². The number of rotatable bonds is 5. The quantitative estimate of drug-likeness (QED) is 0.633. The molecule has 5 heteroatoms. The highest BCUT2D eigenvalue weighted by atomic mass is 16.3. The van der Waals surface area contributed by atoms with Gasteiger partial charge < -0.3 is 10.2 Å². The van der Waals surface area contributed by atoms with Crippen LogP contribution >= 0.6 is 0 Å². The number of hydrogen-bond acceptors (Lipinski definition) is 4. The first-order valence-electron chi connectivity index (χ1n) is 13.6. The Morgan fingerprint density at radius 3 is 2.67 bits per heavy atom. The predicted molar refractivity (Wildman–Crippen MR) is 128 cm³/mol. The summed E-state index contributed by atoms with van der Waals surface area (Å²) in [5.74, 6) is 4.11. The van der Waals surface area contributed by atoms with Gasteiger partial charge in [-0.15, -0.1) is 0 Å². The van der Waals surface area contributed by atoms with Gasteiger partial charge in [0, 0.05) is 6.20 Å². The van der Waals surface area contributed by atoms with E-state index >= 15 is 0 Å². The molecule has 0 bridgehead atoms. The van der Waals surface area contributed by atoms with Gasteiger partial charge in [-0.2, -0.15) is 10.4 Å². The van der Waals surface area contributed by atoms with Gasteiger partial charge in [0.15, 0.2) is 0 Å². The fourth-order valence-corrected chi connectivity index (χ4v) is 9.62. The topological polar surface area (TPSA) is 82.1 Å². The first-order valence-corrected chi connectivity index (χ1v) is 13.6. The van der Waals surface area contributed by atoms with E-state index in [0.717, 1.165) is 55.8 Å². The Labute approximate surface area is 199 Å². The van der Waals surface area contributed by atoms with Gasteiger partial charge in [0.25, 0.3) is 0 Å². The molecular formula is C28H43N3O2. The van der Waals surface area contributed by atoms with Crippen molar-refractivity contribution in [3.8, 4) is 6.07 Å². The van der Waals surface area contributed by atoms with Crippen molar-refractivity contribution in [2.24, 2.45) is 40.9 Å². The van der Waals surface area contributed by atoms with E-state index in [2.05, 4.69) is 25.0 Å². The zero-order valence-electron chi connectivity index (χ0n) is 20.8. The third kappa shape index (κ3) is 3.96. The van der Waals surface area contributed by atoms with Gasteiger partial charge in [0.2, 0.25) is 0 Å². The molecule has 1 aromatic heterocycles. The van der Waals surface area contributed by atoms with E-state index in [1.54, 1.807) is 17.1 Å². The van der Waals surface area contributed by atoms with Crippen LogP contribution < -0.4 is 0 Å². The fraction of sp³-hybridized carbons (Fsp3) is 0.857. The molecule has 0 radical (unpaired) electrons. The van der Waals surface area contributed by atoms with Crippen molar-refractivity contribution < 1.29 is 10.2 Å². The van der Waals surface area contributed by atoms with Crippen LogP contribution in [0.5, 0.6) is 0 Å². The molecule has 33 heavy (non-hydrogen) atoms. The van der Waals surface area contributed by atoms with E-state index in [1.807, 2.05) is 6.92 Å². The second-order valence-corrected chi connectivity index (χ2v) is 12.7. The second-order valence-electron chi connectivity index (χ2n) is 12.7. The third-order valence-corrected chi connectivity index (χ3v) is 10.8. The van der Waals surface area contributed by atoms with E-state index in [0.29, 0.717) is 18.0 Å². The first-order chi connectivity index (χ1) is 15.7. The van der Waals surface area contributed by atoms with Gasteiger partial charge in [-0.25, -0.2) is 0 Å². The lowest BCUT2D eigenvalue weighted by atomic mass is 9.48. The Hall–Kier alpha value is -1.38. The van der Waals surface area contributed by atoms with Gasteiger partial charge in [-0.05, 0) is 112 Å². The lowest BCUT2D eigenvalue weighted by molar-refractivity contribution is -0.130. The average Bonchev–Trinajstić information content (AvgIpc) is 3.36. The van der Waals surface area contributed by atoms with Crippen molar-refractivity contribution in [3.05, 3.63) is 18.0 Å². The lowest BCUT2D eigenvalue weighted by Crippen LogP contribution is -2.53. The summed E-state index contributed by atoms with van der Waals surface area (Å²) in [7, 11) is 0. The van der Waals surface area contributed by atoms with E-state index in [4.69, 9.17) is 5.26 Å². The molecular weight excluding hydrogens is 410 g/mol. The van der Waals surface area contributed by atoms with E-state index < -0.39 is 11.2 Å². The van der Waals surface area contributed by atoms with E-state index in [-0.39, 0.29) is 11.3 Å². The van der Waals surface area contributed by atoms with Crippen LogP contribution in [0.1, 0.15) is 97.0 Å². The zero-order valence-corrected chi connectivity index (χ0v) is 20.8. The molecule has 182 valence electrons. The van der Waals surface area contributed by atoms with Gasteiger partial charge in [-0.3, -0.25) is 4.68 Å². The Morgan fingerprint density at radius 2 is 1.94 bits per heavy atom. The molecule has 5 nitrogen and oxygen atoms in total. The molecule has 0 spiro atoms. The van der Waals surface area contributed by atoms with Crippen molar-refractivity contribution in [2.75, 3.05) is 0 Å². The molecule has 0 saturated heterocycles. The third-order valence-electron chi connectivity index (χ3n) is 10.8. The number of nitrogens with zero attached hydrogens (tertiary/aromatic N) is 3. The Kier molecular flexibility index (Phi) is 5.93. The monoisotopic (exact) mass is 453 g/mol. The summed E-state index contributed by atoms with van der Waals surface area (Å²) in [6, 6.07) is 2.14. The van der Waals surface area contributed by atoms with Crippen LogP contribution in [0.3, 0.4) is 0 Å². The molecule has 4 saturated carbocycles. The maximum atomic E-state index is 11.7. The molecule has 1 unspecified atom stereocenters. The standard InChI is InChI=1S/C28H43N3O2/c1-4-11-28(33)13-10-21-20(14-28)5-6-23-22(21)9-12-26(2)24(23)7-8-25(26)27(3,32)18-31-17-19(15-29)16-30-31/h16-17,20-25,32-33H,4-14,18H2,1-3H3/t20-,21+,22-,23-,24+,25?,26+,27+,28-/m1/s1. The first kappa shape index (κ1) is 23.4. The van der Waals surface area contributed by atoms with Crippen LogP contribution in [0.15, 0.2) is 12.4 Å². The summed E-state index contributed by atoms with van der Waals surface area (Å²) in [5.41, 5.74) is -0.494. The predicted octanol–water partition coefficient (Wildman–Crippen LogP) is 5.31. The Morgan fingerprint density at radius 1 is 1.15 bits per heavy atom. The Bertz CT molecular complexity index is 903. The van der Waals surface area contributed by atoms with Crippen LogP contribution in [0.4, 0.5) is 0 Å². The molecule has 5 rings (SSSR count). The zero-order chi connectivity index (χ0) is 23.4. The maximum absolute atomic E-state index is 11.7. The van der Waals surface area contributed by atoms with Crippen LogP contribution in [0.25, 0.3) is 0 Å². The van der Waals surface area contributed by atoms with Gasteiger partial charge in [0.05, 0.1) is 29.5 Å². The summed E-state index contributed by atoms with van der Waals surface area (Å²) in [4.78, 5) is 0. The normalized spacial score (nSPS) is 44.2. The number of hydrogen-bond donors (Lipinski definition) is 2. The maximum Gasteiger partial charge on any atom is 0.102 e. The number of nitriles is 1. The van der Waals surface area contributed by atoms with E-state index in [9.17, 15) is 10.2 Å². The van der Waals surface area contributed by atoms with Crippen molar-refractivity contribution in [3.63, 3.8) is 0 Å². The molecule has 9 atom stereocenters. The number of aliphatic hydroxyl groups is 2. The summed E-state index contributed by atoms with van der Waals surface area (Å²) in [5, 5.41) is 36.2. The largest absolute Gasteiger partial charge is 0.390 e. The Balaban J connectivity index is 1.31. The molecule has 1 aromatic rings. The highest BCUT2D eigenvalue weighted by Crippen LogP contribution is 2.66. The molecule has 2 N–H and O–H groups in total. The minimum atomic E-state index is -0.826. The minimum absolute atomic E-state index is 0.181. The fourth-order valence-electron chi connectivity index (χ4n) is 9.62. The molecule has 1 heterocycles. The van der Waals surface area contributed by atoms with Crippen molar-refractivity contribution in [1.29, 1.82) is 5.26 Å². The molecule has 0 amide bonds. The van der Waals surface area contributed by atoms with Gasteiger partial charge in [0.1, 0.15) is 6.07 Å². The molecule has 4 aliphatic carbocycles. The lowest BCUT2D eigenvalue weighted by Gasteiger charge is -2.58. The van der Waals surface area contributed by atoms with Gasteiger partial charge in [-0.1, -0.05) is 20.3 Å². The number of fused-ring (bicyclic) bond motifs is 5. The second kappa shape index (κ2) is 8.38. The van der Waals surface area contributed by atoms with E-state index in [1.165, 1.54) is 38.5 Å². The van der Waals surface area contributed by atoms with Crippen LogP contribution in [0, 0.1) is 52.3 Å². The molecule has 4 aliphatic rings. The smallest absolute Gasteiger partial charge is 0.102 e. The summed E-state index contributed by atoms with van der Waals surface area (Å²) in [6.07, 6.45) is 16.1. The highest BCUT2D eigenvalue weighted by molar-refractivity contribution is 5.21. The molecule has 0 aliphatic heterocycles. The molecule has 0 aromatic carbocycles. The summed E-state index contributed by atoms with van der Waals surface area (Å²) in [6.45, 7) is 7.12. The van der Waals surface area contributed by atoms with Crippen LogP contribution in [-0.2, 0) is 6.54 Å². The van der Waals surface area contributed by atoms with Crippen LogP contribution in [0.2, 0.25) is 0 Å². The van der Waals surface area contributed by atoms with Crippen LogP contribution in [-0.4, -0.2) is 31.2 Å². The minimum Gasteiger partial charge on any atom is -0.390 e. The summed E-state index contributed by atoms with van der Waals surface area (Å²) < 4.78 is 1.76. The average molecular weight is 454 g/mol. The summed E-state index contributed by atoms with van der Waals surface area (Å²) >= 11 is 0. The van der Waals surface area contributed by atoms with Crippen molar-refractivity contribution in [2.45, 2.75) is 109 Å². The SMILES string of the molecule is CCC[C@@]1(O)CC[C@H]2[C@H](CC[C@@H]3[C@@H]2CC[C@]2(C)C([C@@](C)(O)Cn4cc(C#N)cn4)CC[C@@H]32)C1. The van der Waals surface area contributed by atoms with Crippen molar-refractivity contribution >= 4 is 0 Å². The number of aromatic nitrogens is 2. The molecule has 4 fully saturated rings.